The number of hydrogen-bond acceptors (Lipinski definition) is 5. The summed E-state index contributed by atoms with van der Waals surface area (Å²) in [5.74, 6) is -0.927. The Kier molecular flexibility index (Phi) is 5.14. The van der Waals surface area contributed by atoms with Crippen LogP contribution in [0, 0.1) is 0 Å². The lowest BCUT2D eigenvalue weighted by Crippen LogP contribution is -2.35. The van der Waals surface area contributed by atoms with Crippen LogP contribution >= 0.6 is 11.3 Å². The molecule has 0 fully saturated rings. The summed E-state index contributed by atoms with van der Waals surface area (Å²) in [6.07, 6.45) is 0.0924. The number of amides is 2. The third-order valence-electron chi connectivity index (χ3n) is 3.91. The average Bonchev–Trinajstić information content (AvgIpc) is 3.12. The fourth-order valence-corrected chi connectivity index (χ4v) is 3.17. The molecule has 0 spiro atoms. The highest BCUT2D eigenvalue weighted by molar-refractivity contribution is 7.09. The normalized spacial score (nSPS) is 14.2. The minimum atomic E-state index is -0.886. The van der Waals surface area contributed by atoms with E-state index in [9.17, 15) is 14.4 Å². The number of nitrogens with one attached hydrogen (secondary N) is 2. The molecule has 1 aromatic carbocycles. The summed E-state index contributed by atoms with van der Waals surface area (Å²) in [5, 5.41) is 7.44. The summed E-state index contributed by atoms with van der Waals surface area (Å²) in [6.45, 7) is 1.96. The van der Waals surface area contributed by atoms with Crippen molar-refractivity contribution in [2.24, 2.45) is 0 Å². The Hall–Kier alpha value is -2.67. The van der Waals surface area contributed by atoms with Gasteiger partial charge in [-0.3, -0.25) is 9.59 Å². The van der Waals surface area contributed by atoms with Crippen molar-refractivity contribution in [2.75, 3.05) is 5.32 Å². The van der Waals surface area contributed by atoms with Crippen molar-refractivity contribution in [3.63, 3.8) is 0 Å². The van der Waals surface area contributed by atoms with Crippen LogP contribution in [0.5, 0.6) is 0 Å². The predicted octanol–water partition coefficient (Wildman–Crippen LogP) is 2.49. The van der Waals surface area contributed by atoms with E-state index in [2.05, 4.69) is 10.6 Å². The Morgan fingerprint density at radius 1 is 1.32 bits per heavy atom. The monoisotopic (exact) mass is 358 g/mol. The first-order valence-corrected chi connectivity index (χ1v) is 8.85. The van der Waals surface area contributed by atoms with Gasteiger partial charge in [-0.2, -0.15) is 0 Å². The molecule has 7 heteroatoms. The van der Waals surface area contributed by atoms with Gasteiger partial charge in [0.1, 0.15) is 0 Å². The molecule has 130 valence electrons. The number of anilines is 1. The number of rotatable bonds is 5. The molecule has 1 atom stereocenters. The van der Waals surface area contributed by atoms with Gasteiger partial charge >= 0.3 is 5.97 Å². The van der Waals surface area contributed by atoms with E-state index in [-0.39, 0.29) is 11.8 Å². The van der Waals surface area contributed by atoms with Crippen LogP contribution in [-0.2, 0) is 27.3 Å². The number of thiophene rings is 1. The van der Waals surface area contributed by atoms with Gasteiger partial charge in [-0.25, -0.2) is 4.79 Å². The van der Waals surface area contributed by atoms with Crippen molar-refractivity contribution in [3.05, 3.63) is 51.7 Å². The summed E-state index contributed by atoms with van der Waals surface area (Å²) in [6, 6.07) is 8.81. The van der Waals surface area contributed by atoms with Gasteiger partial charge < -0.3 is 15.4 Å². The number of ether oxygens (including phenoxy) is 1. The third kappa shape index (κ3) is 4.24. The van der Waals surface area contributed by atoms with Crippen LogP contribution in [0.25, 0.3) is 0 Å². The van der Waals surface area contributed by atoms with E-state index in [0.29, 0.717) is 24.9 Å². The molecule has 0 saturated heterocycles. The molecule has 2 aromatic rings. The molecule has 1 unspecified atom stereocenters. The number of esters is 1. The van der Waals surface area contributed by atoms with Crippen molar-refractivity contribution in [1.29, 1.82) is 0 Å². The van der Waals surface area contributed by atoms with E-state index in [1.54, 1.807) is 36.5 Å². The smallest absolute Gasteiger partial charge is 0.338 e. The van der Waals surface area contributed by atoms with Gasteiger partial charge in [0.2, 0.25) is 5.91 Å². The fourth-order valence-electron chi connectivity index (χ4n) is 2.52. The molecular formula is C18H18N2O4S. The molecule has 0 radical (unpaired) electrons. The SMILES string of the molecule is CC(OC(=O)c1ccc2c(c1)CCC(=O)N2)C(=O)NCc1cccs1. The molecule has 25 heavy (non-hydrogen) atoms. The summed E-state index contributed by atoms with van der Waals surface area (Å²) in [7, 11) is 0. The van der Waals surface area contributed by atoms with Crippen LogP contribution in [0.15, 0.2) is 35.7 Å². The second kappa shape index (κ2) is 7.48. The molecular weight excluding hydrogens is 340 g/mol. The molecule has 1 aliphatic rings. The molecule has 2 heterocycles. The van der Waals surface area contributed by atoms with Crippen LogP contribution in [-0.4, -0.2) is 23.9 Å². The van der Waals surface area contributed by atoms with Gasteiger partial charge in [0.15, 0.2) is 6.10 Å². The van der Waals surface area contributed by atoms with Crippen molar-refractivity contribution >= 4 is 34.8 Å². The summed E-state index contributed by atoms with van der Waals surface area (Å²) >= 11 is 1.55. The molecule has 2 N–H and O–H groups in total. The molecule has 1 aromatic heterocycles. The Bertz CT molecular complexity index is 801. The molecule has 6 nitrogen and oxygen atoms in total. The number of aryl methyl sites for hydroxylation is 1. The molecule has 1 aliphatic heterocycles. The summed E-state index contributed by atoms with van der Waals surface area (Å²) in [4.78, 5) is 36.7. The fraction of sp³-hybridized carbons (Fsp3) is 0.278. The van der Waals surface area contributed by atoms with Crippen LogP contribution in [0.1, 0.15) is 34.1 Å². The van der Waals surface area contributed by atoms with E-state index in [1.165, 1.54) is 0 Å². The Labute approximate surface area is 149 Å². The zero-order valence-electron chi connectivity index (χ0n) is 13.7. The zero-order chi connectivity index (χ0) is 17.8. The van der Waals surface area contributed by atoms with Gasteiger partial charge in [0.25, 0.3) is 5.91 Å². The standard InChI is InChI=1S/C18H18N2O4S/c1-11(17(22)19-10-14-3-2-8-25-14)24-18(23)13-4-6-15-12(9-13)5-7-16(21)20-15/h2-4,6,8-9,11H,5,7,10H2,1H3,(H,19,22)(H,20,21). The second-order valence-corrected chi connectivity index (χ2v) is 6.80. The number of benzene rings is 1. The lowest BCUT2D eigenvalue weighted by Gasteiger charge is -2.18. The number of hydrogen-bond donors (Lipinski definition) is 2. The minimum Gasteiger partial charge on any atom is -0.449 e. The third-order valence-corrected chi connectivity index (χ3v) is 4.78. The van der Waals surface area contributed by atoms with Crippen molar-refractivity contribution < 1.29 is 19.1 Å². The quantitative estimate of drug-likeness (QED) is 0.804. The zero-order valence-corrected chi connectivity index (χ0v) is 14.5. The highest BCUT2D eigenvalue weighted by Gasteiger charge is 2.21. The lowest BCUT2D eigenvalue weighted by molar-refractivity contribution is -0.129. The Morgan fingerprint density at radius 3 is 2.92 bits per heavy atom. The molecule has 2 amide bonds. The van der Waals surface area contributed by atoms with E-state index >= 15 is 0 Å². The maximum atomic E-state index is 12.3. The summed E-state index contributed by atoms with van der Waals surface area (Å²) in [5.41, 5.74) is 1.98. The predicted molar refractivity (Wildman–Crippen MR) is 94.4 cm³/mol. The minimum absolute atomic E-state index is 0.0288. The first kappa shape index (κ1) is 17.2. The van der Waals surface area contributed by atoms with Gasteiger partial charge in [-0.15, -0.1) is 11.3 Å². The van der Waals surface area contributed by atoms with Crippen molar-refractivity contribution in [3.8, 4) is 0 Å². The first-order chi connectivity index (χ1) is 12.0. The second-order valence-electron chi connectivity index (χ2n) is 5.76. The maximum Gasteiger partial charge on any atom is 0.338 e. The topological polar surface area (TPSA) is 84.5 Å². The van der Waals surface area contributed by atoms with E-state index in [1.807, 2.05) is 17.5 Å². The number of fused-ring (bicyclic) bond motifs is 1. The van der Waals surface area contributed by atoms with Crippen LogP contribution < -0.4 is 10.6 Å². The first-order valence-electron chi connectivity index (χ1n) is 7.97. The van der Waals surface area contributed by atoms with E-state index in [0.717, 1.165) is 16.1 Å². The maximum absolute atomic E-state index is 12.3. The van der Waals surface area contributed by atoms with Gasteiger partial charge in [-0.05, 0) is 48.6 Å². The number of carbonyl (C=O) groups excluding carboxylic acids is 3. The highest BCUT2D eigenvalue weighted by Crippen LogP contribution is 2.24. The van der Waals surface area contributed by atoms with Crippen LogP contribution in [0.2, 0.25) is 0 Å². The van der Waals surface area contributed by atoms with Gasteiger partial charge in [0.05, 0.1) is 12.1 Å². The molecule has 0 bridgehead atoms. The Balaban J connectivity index is 1.57. The van der Waals surface area contributed by atoms with Crippen molar-refractivity contribution in [2.45, 2.75) is 32.4 Å². The average molecular weight is 358 g/mol. The van der Waals surface area contributed by atoms with Crippen LogP contribution in [0.4, 0.5) is 5.69 Å². The van der Waals surface area contributed by atoms with Gasteiger partial charge in [0, 0.05) is 17.0 Å². The largest absolute Gasteiger partial charge is 0.449 e. The van der Waals surface area contributed by atoms with E-state index in [4.69, 9.17) is 4.74 Å². The lowest BCUT2D eigenvalue weighted by atomic mass is 10.0. The molecule has 0 saturated carbocycles. The molecule has 3 rings (SSSR count). The Morgan fingerprint density at radius 2 is 2.16 bits per heavy atom. The van der Waals surface area contributed by atoms with Crippen molar-refractivity contribution in [1.82, 2.24) is 5.32 Å². The van der Waals surface area contributed by atoms with Crippen LogP contribution in [0.3, 0.4) is 0 Å². The van der Waals surface area contributed by atoms with Gasteiger partial charge in [-0.1, -0.05) is 6.07 Å². The van der Waals surface area contributed by atoms with E-state index < -0.39 is 12.1 Å². The summed E-state index contributed by atoms with van der Waals surface area (Å²) < 4.78 is 5.25. The number of carbonyl (C=O) groups is 3. The molecule has 0 aliphatic carbocycles. The highest BCUT2D eigenvalue weighted by atomic mass is 32.1.